The van der Waals surface area contributed by atoms with Crippen LogP contribution in [-0.4, -0.2) is 86.1 Å². The lowest BCUT2D eigenvalue weighted by Gasteiger charge is -2.52. The standard InChI is InChI=1S/C29H32N4O7/c1-12-7-15-21(29(27(12)38-5)40-11-37-4)23-17-8-16-20(26(36)28(39-6)13(2)25(16)35)19(10-31-14(3)34)32(17)18(9-30)24-22(15)33(23)24/h7,17-19,22-24H,8,10-11H2,1-6H3,(H,31,34)/t17?,18-,19-,22?,23-,24+,33?/m0/s1. The molecule has 1 aliphatic carbocycles. The van der Waals surface area contributed by atoms with Gasteiger partial charge in [-0.3, -0.25) is 24.2 Å². The van der Waals surface area contributed by atoms with E-state index in [9.17, 15) is 19.6 Å². The fourth-order valence-electron chi connectivity index (χ4n) is 7.54. The van der Waals surface area contributed by atoms with Crippen LogP contribution in [0, 0.1) is 18.3 Å². The summed E-state index contributed by atoms with van der Waals surface area (Å²) in [7, 11) is 4.52. The molecule has 0 bridgehead atoms. The maximum atomic E-state index is 13.7. The van der Waals surface area contributed by atoms with Gasteiger partial charge in [-0.05, 0) is 31.4 Å². The lowest BCUT2D eigenvalue weighted by atomic mass is 9.73. The summed E-state index contributed by atoms with van der Waals surface area (Å²) >= 11 is 0. The first-order chi connectivity index (χ1) is 19.2. The molecule has 4 aliphatic heterocycles. The van der Waals surface area contributed by atoms with E-state index in [2.05, 4.69) is 27.3 Å². The lowest BCUT2D eigenvalue weighted by Crippen LogP contribution is -2.64. The molecular formula is C29H32N4O7. The fraction of sp³-hybridized carbons (Fsp3) is 0.517. The van der Waals surface area contributed by atoms with Gasteiger partial charge in [0.05, 0.1) is 44.5 Å². The first kappa shape index (κ1) is 26.5. The molecule has 1 N–H and O–H groups in total. The van der Waals surface area contributed by atoms with Crippen molar-refractivity contribution in [2.75, 3.05) is 34.7 Å². The van der Waals surface area contributed by atoms with Gasteiger partial charge in [-0.15, -0.1) is 0 Å². The SMILES string of the molecule is COCOc1c(OC)c(C)cc2c1[C@@H]1C3CC4=C(C(=O)C(OC)=C(C)C4=O)[C@H](CNC(C)=O)N3[C@@H](C#N)[C@@H]3C2N13. The molecule has 1 aromatic rings. The van der Waals surface area contributed by atoms with Crippen LogP contribution in [0.2, 0.25) is 0 Å². The van der Waals surface area contributed by atoms with Crippen LogP contribution in [0.3, 0.4) is 0 Å². The number of ether oxygens (including phenoxy) is 4. The van der Waals surface area contributed by atoms with Crippen LogP contribution in [0.1, 0.15) is 49.0 Å². The Labute approximate surface area is 232 Å². The molecule has 5 aliphatic rings. The quantitative estimate of drug-likeness (QED) is 0.305. The van der Waals surface area contributed by atoms with Gasteiger partial charge in [-0.25, -0.2) is 0 Å². The number of rotatable bonds is 7. The molecule has 2 fully saturated rings. The minimum atomic E-state index is -0.680. The van der Waals surface area contributed by atoms with E-state index >= 15 is 0 Å². The van der Waals surface area contributed by atoms with Crippen molar-refractivity contribution in [2.24, 2.45) is 0 Å². The van der Waals surface area contributed by atoms with Crippen molar-refractivity contribution in [3.8, 4) is 17.6 Å². The predicted octanol–water partition coefficient (Wildman–Crippen LogP) is 1.62. The third-order valence-electron chi connectivity index (χ3n) is 8.96. The fourth-order valence-corrected chi connectivity index (χ4v) is 7.54. The van der Waals surface area contributed by atoms with E-state index in [-0.39, 0.29) is 72.7 Å². The normalized spacial score (nSPS) is 31.6. The average molecular weight is 549 g/mol. The van der Waals surface area contributed by atoms with Gasteiger partial charge in [0.15, 0.2) is 29.8 Å². The summed E-state index contributed by atoms with van der Waals surface area (Å²) < 4.78 is 22.5. The first-order valence-electron chi connectivity index (χ1n) is 13.3. The topological polar surface area (TPSA) is 130 Å². The highest BCUT2D eigenvalue weighted by atomic mass is 16.7. The second-order valence-electron chi connectivity index (χ2n) is 10.9. The van der Waals surface area contributed by atoms with E-state index in [1.807, 2.05) is 6.92 Å². The first-order valence-corrected chi connectivity index (χ1v) is 13.3. The van der Waals surface area contributed by atoms with Crippen molar-refractivity contribution >= 4 is 17.5 Å². The van der Waals surface area contributed by atoms with Crippen LogP contribution in [0.5, 0.6) is 11.5 Å². The molecule has 210 valence electrons. The Morgan fingerprint density at radius 1 is 1.10 bits per heavy atom. The lowest BCUT2D eigenvalue weighted by molar-refractivity contribution is -0.122. The zero-order valence-corrected chi connectivity index (χ0v) is 23.4. The van der Waals surface area contributed by atoms with Gasteiger partial charge >= 0.3 is 0 Å². The number of carbonyl (C=O) groups excluding carboxylic acids is 3. The number of allylic oxidation sites excluding steroid dienone is 2. The summed E-state index contributed by atoms with van der Waals surface area (Å²) in [6.07, 6.45) is 0.267. The van der Waals surface area contributed by atoms with Gasteiger partial charge in [0.25, 0.3) is 0 Å². The minimum Gasteiger partial charge on any atom is -0.493 e. The molecule has 11 heteroatoms. The number of amides is 1. The third kappa shape index (κ3) is 3.43. The van der Waals surface area contributed by atoms with Crippen molar-refractivity contribution in [1.82, 2.24) is 15.1 Å². The Morgan fingerprint density at radius 3 is 2.48 bits per heavy atom. The van der Waals surface area contributed by atoms with E-state index in [0.29, 0.717) is 22.6 Å². The van der Waals surface area contributed by atoms with Crippen LogP contribution < -0.4 is 14.8 Å². The van der Waals surface area contributed by atoms with Gasteiger partial charge in [0.1, 0.15) is 6.04 Å². The third-order valence-corrected chi connectivity index (χ3v) is 8.96. The number of ketones is 2. The smallest absolute Gasteiger partial charge is 0.226 e. The van der Waals surface area contributed by atoms with Crippen molar-refractivity contribution in [2.45, 2.75) is 63.4 Å². The molecule has 0 aromatic heterocycles. The molecule has 7 atom stereocenters. The number of aryl methyl sites for hydroxylation is 1. The molecule has 11 nitrogen and oxygen atoms in total. The van der Waals surface area contributed by atoms with Crippen molar-refractivity contribution in [1.29, 1.82) is 5.26 Å². The van der Waals surface area contributed by atoms with Gasteiger partial charge in [0.2, 0.25) is 11.7 Å². The molecule has 2 saturated heterocycles. The number of methoxy groups -OCH3 is 3. The number of nitriles is 1. The van der Waals surface area contributed by atoms with Gasteiger partial charge < -0.3 is 24.3 Å². The van der Waals surface area contributed by atoms with E-state index in [0.717, 1.165) is 16.7 Å². The Bertz CT molecular complexity index is 1460. The van der Waals surface area contributed by atoms with Crippen LogP contribution in [-0.2, 0) is 23.9 Å². The van der Waals surface area contributed by atoms with Crippen molar-refractivity contribution in [3.63, 3.8) is 0 Å². The molecule has 4 heterocycles. The molecule has 1 amide bonds. The maximum Gasteiger partial charge on any atom is 0.226 e. The molecule has 3 unspecified atom stereocenters. The van der Waals surface area contributed by atoms with Crippen LogP contribution in [0.4, 0.5) is 0 Å². The summed E-state index contributed by atoms with van der Waals surface area (Å²) in [5, 5.41) is 13.3. The Kier molecular flexibility index (Phi) is 6.25. The minimum absolute atomic E-state index is 0.0101. The monoisotopic (exact) mass is 548 g/mol. The second kappa shape index (κ2) is 9.44. The van der Waals surface area contributed by atoms with Gasteiger partial charge in [0, 0.05) is 48.9 Å². The number of nitrogens with zero attached hydrogens (tertiary/aromatic N) is 3. The van der Waals surface area contributed by atoms with E-state index in [4.69, 9.17) is 18.9 Å². The maximum absolute atomic E-state index is 13.7. The summed E-state index contributed by atoms with van der Waals surface area (Å²) in [5.74, 6) is 0.335. The Morgan fingerprint density at radius 2 is 1.85 bits per heavy atom. The summed E-state index contributed by atoms with van der Waals surface area (Å²) in [5.41, 5.74) is 3.94. The molecule has 0 spiro atoms. The highest BCUT2D eigenvalue weighted by Gasteiger charge is 2.71. The molecular weight excluding hydrogens is 516 g/mol. The molecule has 6 rings (SSSR count). The summed E-state index contributed by atoms with van der Waals surface area (Å²) in [4.78, 5) is 43.8. The number of piperazine rings is 1. The van der Waals surface area contributed by atoms with Crippen LogP contribution >= 0.6 is 0 Å². The number of hydrogen-bond acceptors (Lipinski definition) is 10. The van der Waals surface area contributed by atoms with Crippen molar-refractivity contribution < 1.29 is 33.3 Å². The van der Waals surface area contributed by atoms with Gasteiger partial charge in [-0.1, -0.05) is 6.07 Å². The zero-order valence-electron chi connectivity index (χ0n) is 23.4. The molecule has 0 saturated carbocycles. The van der Waals surface area contributed by atoms with Crippen LogP contribution in [0.15, 0.2) is 28.5 Å². The predicted molar refractivity (Wildman–Crippen MR) is 140 cm³/mol. The number of benzene rings is 1. The average Bonchev–Trinajstić information content (AvgIpc) is 3.57. The number of Topliss-reactive ketones (excluding diaryl/α,β-unsaturated/α-hetero) is 2. The summed E-state index contributed by atoms with van der Waals surface area (Å²) in [6, 6.07) is 2.70. The molecule has 0 radical (unpaired) electrons. The van der Waals surface area contributed by atoms with Gasteiger partial charge in [-0.2, -0.15) is 5.26 Å². The molecule has 40 heavy (non-hydrogen) atoms. The van der Waals surface area contributed by atoms with E-state index in [1.165, 1.54) is 14.0 Å². The number of nitrogens with one attached hydrogen (secondary N) is 1. The highest BCUT2D eigenvalue weighted by Crippen LogP contribution is 2.68. The van der Waals surface area contributed by atoms with Crippen LogP contribution in [0.25, 0.3) is 0 Å². The second-order valence-corrected chi connectivity index (χ2v) is 10.9. The largest absolute Gasteiger partial charge is 0.493 e. The Balaban J connectivity index is 1.54. The van der Waals surface area contributed by atoms with E-state index < -0.39 is 12.1 Å². The van der Waals surface area contributed by atoms with E-state index in [1.54, 1.807) is 21.1 Å². The molecule has 1 aromatic carbocycles. The van der Waals surface area contributed by atoms with Crippen molar-refractivity contribution in [3.05, 3.63) is 45.2 Å². The summed E-state index contributed by atoms with van der Waals surface area (Å²) in [6.45, 7) is 5.08. The number of fused-ring (bicyclic) bond motifs is 6. The zero-order chi connectivity index (χ0) is 28.6. The number of hydrogen-bond donors (Lipinski definition) is 1. The highest BCUT2D eigenvalue weighted by molar-refractivity contribution is 6.25. The Hall–Kier alpha value is -3.72. The number of carbonyl (C=O) groups is 3.